The van der Waals surface area contributed by atoms with Crippen molar-refractivity contribution in [3.05, 3.63) is 100 Å². The smallest absolute Gasteiger partial charge is 0.269 e. The van der Waals surface area contributed by atoms with Crippen molar-refractivity contribution in [3.63, 3.8) is 0 Å². The SMILES string of the molecule is O=C(CSc1nc2ccccc2c(=O)n1-c1ccc(F)cc1F)NNC(=O)c1ccc(F)cc1. The van der Waals surface area contributed by atoms with Gasteiger partial charge in [-0.05, 0) is 48.5 Å². The predicted octanol–water partition coefficient (Wildman–Crippen LogP) is 3.36. The third-order valence-corrected chi connectivity index (χ3v) is 5.59. The summed E-state index contributed by atoms with van der Waals surface area (Å²) in [5, 5.41) is 0.209. The molecule has 7 nitrogen and oxygen atoms in total. The van der Waals surface area contributed by atoms with Gasteiger partial charge in [0.15, 0.2) is 5.16 Å². The molecule has 0 unspecified atom stereocenters. The number of nitrogens with zero attached hydrogens (tertiary/aromatic N) is 2. The van der Waals surface area contributed by atoms with Crippen LogP contribution in [0.5, 0.6) is 0 Å². The minimum absolute atomic E-state index is 0.00535. The topological polar surface area (TPSA) is 93.1 Å². The first kappa shape index (κ1) is 23.1. The predicted molar refractivity (Wildman–Crippen MR) is 120 cm³/mol. The number of aromatic nitrogens is 2. The van der Waals surface area contributed by atoms with Gasteiger partial charge in [-0.25, -0.2) is 18.2 Å². The lowest BCUT2D eigenvalue weighted by Crippen LogP contribution is -2.42. The number of thioether (sulfide) groups is 1. The van der Waals surface area contributed by atoms with Gasteiger partial charge in [-0.3, -0.25) is 29.8 Å². The highest BCUT2D eigenvalue weighted by atomic mass is 32.2. The highest BCUT2D eigenvalue weighted by Crippen LogP contribution is 2.23. The Morgan fingerprint density at radius 3 is 2.35 bits per heavy atom. The van der Waals surface area contributed by atoms with E-state index in [-0.39, 0.29) is 27.5 Å². The lowest BCUT2D eigenvalue weighted by atomic mass is 10.2. The van der Waals surface area contributed by atoms with Gasteiger partial charge in [-0.2, -0.15) is 0 Å². The minimum atomic E-state index is -0.975. The van der Waals surface area contributed by atoms with Gasteiger partial charge in [0, 0.05) is 11.6 Å². The number of amides is 2. The maximum absolute atomic E-state index is 14.5. The molecule has 0 aliphatic carbocycles. The molecule has 11 heteroatoms. The molecule has 0 spiro atoms. The molecule has 0 aliphatic rings. The Morgan fingerprint density at radius 2 is 1.62 bits per heavy atom. The normalized spacial score (nSPS) is 10.8. The van der Waals surface area contributed by atoms with Gasteiger partial charge in [-0.15, -0.1) is 0 Å². The van der Waals surface area contributed by atoms with Crippen molar-refractivity contribution in [2.45, 2.75) is 5.16 Å². The summed E-state index contributed by atoms with van der Waals surface area (Å²) in [6.07, 6.45) is 0. The second-order valence-electron chi connectivity index (χ2n) is 6.95. The third-order valence-electron chi connectivity index (χ3n) is 4.65. The first-order valence-corrected chi connectivity index (χ1v) is 10.8. The summed E-state index contributed by atoms with van der Waals surface area (Å²) in [4.78, 5) is 41.8. The Labute approximate surface area is 194 Å². The molecule has 1 heterocycles. The molecule has 3 aromatic carbocycles. The highest BCUT2D eigenvalue weighted by molar-refractivity contribution is 7.99. The number of rotatable bonds is 5. The number of fused-ring (bicyclic) bond motifs is 1. The average molecular weight is 484 g/mol. The molecule has 4 rings (SSSR count). The van der Waals surface area contributed by atoms with Crippen molar-refractivity contribution in [2.24, 2.45) is 0 Å². The number of hydrogen-bond acceptors (Lipinski definition) is 5. The van der Waals surface area contributed by atoms with Crippen LogP contribution in [0, 0.1) is 17.5 Å². The molecule has 2 amide bonds. The number of nitrogens with one attached hydrogen (secondary N) is 2. The fourth-order valence-corrected chi connectivity index (χ4v) is 3.86. The summed E-state index contributed by atoms with van der Waals surface area (Å²) in [5.74, 6) is -3.90. The average Bonchev–Trinajstić information content (AvgIpc) is 2.82. The highest BCUT2D eigenvalue weighted by Gasteiger charge is 2.18. The molecule has 0 saturated carbocycles. The first-order chi connectivity index (χ1) is 16.3. The number of carbonyl (C=O) groups excluding carboxylic acids is 2. The second-order valence-corrected chi connectivity index (χ2v) is 7.89. The van der Waals surface area contributed by atoms with E-state index in [9.17, 15) is 27.6 Å². The fraction of sp³-hybridized carbons (Fsp3) is 0.0435. The molecular weight excluding hydrogens is 469 g/mol. The summed E-state index contributed by atoms with van der Waals surface area (Å²) >= 11 is 0.820. The van der Waals surface area contributed by atoms with E-state index in [2.05, 4.69) is 15.8 Å². The van der Waals surface area contributed by atoms with E-state index in [0.717, 1.165) is 40.6 Å². The molecule has 2 N–H and O–H groups in total. The standard InChI is InChI=1S/C23H15F3N4O3S/c24-14-7-5-13(6-8-14)21(32)29-28-20(31)12-34-23-27-18-4-2-1-3-16(18)22(33)30(23)19-10-9-15(25)11-17(19)26/h1-11H,12H2,(H,28,31)(H,29,32). The van der Waals surface area contributed by atoms with Gasteiger partial charge in [-0.1, -0.05) is 23.9 Å². The fourth-order valence-electron chi connectivity index (χ4n) is 3.05. The summed E-state index contributed by atoms with van der Waals surface area (Å²) in [5.41, 5.74) is 4.04. The van der Waals surface area contributed by atoms with E-state index in [4.69, 9.17) is 0 Å². The third kappa shape index (κ3) is 4.94. The van der Waals surface area contributed by atoms with Crippen LogP contribution in [0.2, 0.25) is 0 Å². The molecule has 0 saturated heterocycles. The van der Waals surface area contributed by atoms with Crippen molar-refractivity contribution in [1.82, 2.24) is 20.4 Å². The Bertz CT molecular complexity index is 1460. The first-order valence-electron chi connectivity index (χ1n) is 9.78. The van der Waals surface area contributed by atoms with Crippen molar-refractivity contribution in [2.75, 3.05) is 5.75 Å². The van der Waals surface area contributed by atoms with Crippen LogP contribution in [0.1, 0.15) is 10.4 Å². The van der Waals surface area contributed by atoms with Crippen LogP contribution in [0.15, 0.2) is 76.7 Å². The molecular formula is C23H15F3N4O3S. The van der Waals surface area contributed by atoms with Gasteiger partial charge in [0.25, 0.3) is 11.5 Å². The summed E-state index contributed by atoms with van der Waals surface area (Å²) in [7, 11) is 0. The van der Waals surface area contributed by atoms with Crippen LogP contribution < -0.4 is 16.4 Å². The van der Waals surface area contributed by atoms with Gasteiger partial charge in [0.05, 0.1) is 22.3 Å². The minimum Gasteiger partial charge on any atom is -0.272 e. The van der Waals surface area contributed by atoms with Crippen LogP contribution in [-0.4, -0.2) is 27.1 Å². The van der Waals surface area contributed by atoms with E-state index >= 15 is 0 Å². The molecule has 1 aromatic heterocycles. The number of para-hydroxylation sites is 1. The zero-order valence-electron chi connectivity index (χ0n) is 17.2. The lowest BCUT2D eigenvalue weighted by Gasteiger charge is -2.14. The molecule has 0 aliphatic heterocycles. The van der Waals surface area contributed by atoms with Gasteiger partial charge < -0.3 is 0 Å². The van der Waals surface area contributed by atoms with Gasteiger partial charge in [0.2, 0.25) is 5.91 Å². The maximum atomic E-state index is 14.5. The zero-order chi connectivity index (χ0) is 24.2. The number of hydrazine groups is 1. The number of halogens is 3. The maximum Gasteiger partial charge on any atom is 0.269 e. The van der Waals surface area contributed by atoms with E-state index in [1.54, 1.807) is 18.2 Å². The monoisotopic (exact) mass is 484 g/mol. The molecule has 0 radical (unpaired) electrons. The molecule has 0 fully saturated rings. The molecule has 4 aromatic rings. The molecule has 0 atom stereocenters. The largest absolute Gasteiger partial charge is 0.272 e. The van der Waals surface area contributed by atoms with Crippen LogP contribution in [0.3, 0.4) is 0 Å². The summed E-state index contributed by atoms with van der Waals surface area (Å²) < 4.78 is 41.9. The number of benzene rings is 3. The second kappa shape index (κ2) is 9.79. The number of carbonyl (C=O) groups is 2. The Kier molecular flexibility index (Phi) is 6.64. The van der Waals surface area contributed by atoms with Crippen LogP contribution in [-0.2, 0) is 4.79 Å². The quantitative estimate of drug-likeness (QED) is 0.258. The van der Waals surface area contributed by atoms with E-state index in [1.807, 2.05) is 0 Å². The Balaban J connectivity index is 1.56. The van der Waals surface area contributed by atoms with Crippen molar-refractivity contribution in [3.8, 4) is 5.69 Å². The Morgan fingerprint density at radius 1 is 0.912 bits per heavy atom. The van der Waals surface area contributed by atoms with Crippen molar-refractivity contribution in [1.29, 1.82) is 0 Å². The van der Waals surface area contributed by atoms with Crippen molar-refractivity contribution < 1.29 is 22.8 Å². The van der Waals surface area contributed by atoms with E-state index in [0.29, 0.717) is 11.6 Å². The van der Waals surface area contributed by atoms with Crippen molar-refractivity contribution >= 4 is 34.5 Å². The van der Waals surface area contributed by atoms with Gasteiger partial charge in [0.1, 0.15) is 17.5 Å². The molecule has 34 heavy (non-hydrogen) atoms. The van der Waals surface area contributed by atoms with Crippen LogP contribution in [0.25, 0.3) is 16.6 Å². The molecule has 172 valence electrons. The van der Waals surface area contributed by atoms with Crippen LogP contribution in [0.4, 0.5) is 13.2 Å². The van der Waals surface area contributed by atoms with E-state index < -0.39 is 34.8 Å². The van der Waals surface area contributed by atoms with Gasteiger partial charge >= 0.3 is 0 Å². The summed E-state index contributed by atoms with van der Waals surface area (Å²) in [6, 6.07) is 13.9. The lowest BCUT2D eigenvalue weighted by molar-refractivity contribution is -0.119. The van der Waals surface area contributed by atoms with E-state index in [1.165, 1.54) is 18.2 Å². The summed E-state index contributed by atoms with van der Waals surface area (Å²) in [6.45, 7) is 0. The molecule has 0 bridgehead atoms. The number of hydrogen-bond donors (Lipinski definition) is 2. The Hall–Kier alpha value is -4.12. The van der Waals surface area contributed by atoms with Crippen LogP contribution >= 0.6 is 11.8 Å². The zero-order valence-corrected chi connectivity index (χ0v) is 18.0.